The van der Waals surface area contributed by atoms with Crippen LogP contribution in [0.1, 0.15) is 46.3 Å². The highest BCUT2D eigenvalue weighted by Crippen LogP contribution is 2.33. The number of nitrogens with zero attached hydrogens (tertiary/aromatic N) is 2. The van der Waals surface area contributed by atoms with E-state index in [2.05, 4.69) is 53.4 Å². The van der Waals surface area contributed by atoms with E-state index in [1.807, 2.05) is 31.2 Å². The summed E-state index contributed by atoms with van der Waals surface area (Å²) in [6.07, 6.45) is 1.80. The van der Waals surface area contributed by atoms with Crippen LogP contribution in [0.25, 0.3) is 22.2 Å². The van der Waals surface area contributed by atoms with Crippen LogP contribution in [0.4, 0.5) is 0 Å². The highest BCUT2D eigenvalue weighted by Gasteiger charge is 2.30. The highest BCUT2D eigenvalue weighted by atomic mass is 16.4. The number of aromatic nitrogens is 2. The number of hydrogen-bond acceptors (Lipinski definition) is 5. The molecule has 6 heteroatoms. The van der Waals surface area contributed by atoms with Gasteiger partial charge in [0.2, 0.25) is 5.91 Å². The van der Waals surface area contributed by atoms with Crippen molar-refractivity contribution in [3.05, 3.63) is 118 Å². The molecule has 0 aliphatic heterocycles. The zero-order chi connectivity index (χ0) is 26.9. The van der Waals surface area contributed by atoms with E-state index in [4.69, 9.17) is 4.42 Å². The summed E-state index contributed by atoms with van der Waals surface area (Å²) in [4.78, 5) is 21.7. The molecule has 38 heavy (non-hydrogen) atoms. The molecule has 3 heterocycles. The smallest absolute Gasteiger partial charge is 0.226 e. The normalized spacial score (nSPS) is 12.9. The van der Waals surface area contributed by atoms with Gasteiger partial charge < -0.3 is 14.8 Å². The van der Waals surface area contributed by atoms with Crippen LogP contribution < -0.4 is 5.32 Å². The summed E-state index contributed by atoms with van der Waals surface area (Å²) in [7, 11) is 0. The highest BCUT2D eigenvalue weighted by molar-refractivity contribution is 5.80. The van der Waals surface area contributed by atoms with E-state index in [1.165, 1.54) is 16.7 Å². The third-order valence-electron chi connectivity index (χ3n) is 6.88. The Balaban J connectivity index is 1.30. The van der Waals surface area contributed by atoms with Gasteiger partial charge in [0.25, 0.3) is 0 Å². The summed E-state index contributed by atoms with van der Waals surface area (Å²) in [6, 6.07) is 23.5. The van der Waals surface area contributed by atoms with E-state index in [0.717, 1.165) is 16.8 Å². The number of furan rings is 1. The minimum Gasteiger partial charge on any atom is -0.456 e. The molecule has 192 valence electrons. The second-order valence-electron chi connectivity index (χ2n) is 9.98. The lowest BCUT2D eigenvalue weighted by molar-refractivity contribution is -0.120. The second-order valence-corrected chi connectivity index (χ2v) is 9.98. The number of hydrogen-bond donors (Lipinski definition) is 2. The number of aliphatic hydroxyl groups is 1. The average Bonchev–Trinajstić information content (AvgIpc) is 3.32. The van der Waals surface area contributed by atoms with Gasteiger partial charge in [-0.1, -0.05) is 48.0 Å². The molecule has 0 spiro atoms. The van der Waals surface area contributed by atoms with E-state index in [-0.39, 0.29) is 12.3 Å². The lowest BCUT2D eigenvalue weighted by atomic mass is 9.94. The fourth-order valence-corrected chi connectivity index (χ4v) is 4.77. The van der Waals surface area contributed by atoms with Crippen LogP contribution in [0, 0.1) is 20.8 Å². The first-order valence-electron chi connectivity index (χ1n) is 12.7. The topological polar surface area (TPSA) is 88.2 Å². The van der Waals surface area contributed by atoms with E-state index < -0.39 is 5.60 Å². The van der Waals surface area contributed by atoms with Gasteiger partial charge in [-0.15, -0.1) is 0 Å². The Hall–Kier alpha value is -4.29. The standard InChI is InChI=1S/C32H31N3O3/c1-20-9-11-26(21(2)15-20)27-8-6-5-7-23(27)19-34-31(36)17-25-10-12-29-28(35-25)18-30(38-29)32(4,37)24-13-14-33-22(3)16-24/h5-16,18,37H,17,19H2,1-4H3,(H,34,36)/t32-/m0/s1. The molecule has 6 nitrogen and oxygen atoms in total. The molecule has 1 amide bonds. The van der Waals surface area contributed by atoms with Crippen molar-refractivity contribution in [1.29, 1.82) is 0 Å². The van der Waals surface area contributed by atoms with Gasteiger partial charge in [-0.3, -0.25) is 9.78 Å². The first-order chi connectivity index (χ1) is 18.2. The van der Waals surface area contributed by atoms with Crippen molar-refractivity contribution < 1.29 is 14.3 Å². The molecule has 0 saturated heterocycles. The summed E-state index contributed by atoms with van der Waals surface area (Å²) in [5, 5.41) is 14.2. The number of rotatable bonds is 7. The molecule has 0 aliphatic rings. The zero-order valence-corrected chi connectivity index (χ0v) is 22.1. The van der Waals surface area contributed by atoms with E-state index >= 15 is 0 Å². The number of nitrogens with one attached hydrogen (secondary N) is 1. The third-order valence-corrected chi connectivity index (χ3v) is 6.88. The largest absolute Gasteiger partial charge is 0.456 e. The van der Waals surface area contributed by atoms with Crippen molar-refractivity contribution in [3.8, 4) is 11.1 Å². The zero-order valence-electron chi connectivity index (χ0n) is 22.1. The lowest BCUT2D eigenvalue weighted by Crippen LogP contribution is -2.25. The Bertz CT molecular complexity index is 1630. The van der Waals surface area contributed by atoms with Crippen LogP contribution >= 0.6 is 0 Å². The number of carbonyl (C=O) groups excluding carboxylic acids is 1. The average molecular weight is 506 g/mol. The van der Waals surface area contributed by atoms with Crippen molar-refractivity contribution in [2.24, 2.45) is 0 Å². The van der Waals surface area contributed by atoms with Crippen LogP contribution in [0.15, 0.2) is 83.4 Å². The van der Waals surface area contributed by atoms with E-state index in [0.29, 0.717) is 34.7 Å². The minimum absolute atomic E-state index is 0.116. The van der Waals surface area contributed by atoms with Crippen LogP contribution in [0.5, 0.6) is 0 Å². The molecule has 1 atom stereocenters. The van der Waals surface area contributed by atoms with Crippen LogP contribution in [0.3, 0.4) is 0 Å². The van der Waals surface area contributed by atoms with Crippen LogP contribution in [-0.4, -0.2) is 21.0 Å². The van der Waals surface area contributed by atoms with Crippen molar-refractivity contribution in [1.82, 2.24) is 15.3 Å². The number of aryl methyl sites for hydroxylation is 3. The van der Waals surface area contributed by atoms with Crippen LogP contribution in [0.2, 0.25) is 0 Å². The summed E-state index contributed by atoms with van der Waals surface area (Å²) < 4.78 is 5.93. The van der Waals surface area contributed by atoms with Crippen LogP contribution in [-0.2, 0) is 23.4 Å². The van der Waals surface area contributed by atoms with Gasteiger partial charge in [0, 0.05) is 24.5 Å². The predicted molar refractivity (Wildman–Crippen MR) is 149 cm³/mol. The van der Waals surface area contributed by atoms with Crippen molar-refractivity contribution in [2.75, 3.05) is 0 Å². The molecule has 0 aliphatic carbocycles. The number of benzene rings is 2. The fourth-order valence-electron chi connectivity index (χ4n) is 4.77. The number of amides is 1. The number of carbonyl (C=O) groups is 1. The summed E-state index contributed by atoms with van der Waals surface area (Å²) in [6.45, 7) is 8.18. The predicted octanol–water partition coefficient (Wildman–Crippen LogP) is 5.93. The Morgan fingerprint density at radius 2 is 1.79 bits per heavy atom. The monoisotopic (exact) mass is 505 g/mol. The Labute approximate surface area is 222 Å². The Morgan fingerprint density at radius 1 is 0.974 bits per heavy atom. The molecule has 0 unspecified atom stereocenters. The lowest BCUT2D eigenvalue weighted by Gasteiger charge is -2.21. The maximum Gasteiger partial charge on any atom is 0.226 e. The Morgan fingerprint density at radius 3 is 2.58 bits per heavy atom. The molecule has 0 saturated carbocycles. The van der Waals surface area contributed by atoms with Gasteiger partial charge in [0.05, 0.1) is 12.1 Å². The summed E-state index contributed by atoms with van der Waals surface area (Å²) in [5.74, 6) is 0.269. The first kappa shape index (κ1) is 25.4. The van der Waals surface area contributed by atoms with Gasteiger partial charge >= 0.3 is 0 Å². The van der Waals surface area contributed by atoms with E-state index in [1.54, 1.807) is 37.4 Å². The van der Waals surface area contributed by atoms with Gasteiger partial charge in [0.15, 0.2) is 5.58 Å². The van der Waals surface area contributed by atoms with Gasteiger partial charge in [-0.05, 0) is 79.8 Å². The molecule has 2 aromatic carbocycles. The maximum absolute atomic E-state index is 12.8. The molecule has 0 fully saturated rings. The molecule has 2 N–H and O–H groups in total. The van der Waals surface area contributed by atoms with Gasteiger partial charge in [-0.25, -0.2) is 4.98 Å². The number of fused-ring (bicyclic) bond motifs is 1. The maximum atomic E-state index is 12.8. The summed E-state index contributed by atoms with van der Waals surface area (Å²) >= 11 is 0. The second kappa shape index (κ2) is 10.2. The molecule has 0 radical (unpaired) electrons. The van der Waals surface area contributed by atoms with Crippen molar-refractivity contribution in [2.45, 2.75) is 46.3 Å². The summed E-state index contributed by atoms with van der Waals surface area (Å²) in [5.41, 5.74) is 7.71. The number of pyridine rings is 2. The molecule has 0 bridgehead atoms. The molecular weight excluding hydrogens is 474 g/mol. The molecule has 5 aromatic rings. The molecule has 5 rings (SSSR count). The van der Waals surface area contributed by atoms with Gasteiger partial charge in [-0.2, -0.15) is 0 Å². The Kier molecular flexibility index (Phi) is 6.83. The molecular formula is C32H31N3O3. The van der Waals surface area contributed by atoms with Gasteiger partial charge in [0.1, 0.15) is 16.9 Å². The quantitative estimate of drug-likeness (QED) is 0.286. The third kappa shape index (κ3) is 5.22. The molecule has 3 aromatic heterocycles. The first-order valence-corrected chi connectivity index (χ1v) is 12.7. The van der Waals surface area contributed by atoms with Crippen molar-refractivity contribution in [3.63, 3.8) is 0 Å². The minimum atomic E-state index is -1.34. The fraction of sp³-hybridized carbons (Fsp3) is 0.219. The van der Waals surface area contributed by atoms with E-state index in [9.17, 15) is 9.90 Å². The SMILES string of the molecule is Cc1ccc(-c2ccccc2CNC(=O)Cc2ccc3oc([C@@](C)(O)c4ccnc(C)c4)cc3n2)c(C)c1. The van der Waals surface area contributed by atoms with Crippen molar-refractivity contribution >= 4 is 17.0 Å².